The maximum Gasteiger partial charge on any atom is 0.138 e. The molecule has 0 radical (unpaired) electrons. The first-order valence-corrected chi connectivity index (χ1v) is 7.31. The summed E-state index contributed by atoms with van der Waals surface area (Å²) in [5.41, 5.74) is 3.30. The number of hydrogen-bond acceptors (Lipinski definition) is 4. The van der Waals surface area contributed by atoms with E-state index in [1.165, 1.54) is 17.5 Å². The number of nitrogens with one attached hydrogen (secondary N) is 1. The van der Waals surface area contributed by atoms with Gasteiger partial charge in [0.1, 0.15) is 17.3 Å². The predicted octanol–water partition coefficient (Wildman–Crippen LogP) is 4.01. The lowest BCUT2D eigenvalue weighted by Gasteiger charge is -2.15. The minimum atomic E-state index is 0.260. The maximum atomic E-state index is 6.18. The van der Waals surface area contributed by atoms with E-state index >= 15 is 0 Å². The molecule has 0 aliphatic heterocycles. The van der Waals surface area contributed by atoms with E-state index < -0.39 is 0 Å². The molecule has 0 aliphatic rings. The molecule has 4 nitrogen and oxygen atoms in total. The van der Waals surface area contributed by atoms with Crippen LogP contribution in [0.1, 0.15) is 36.5 Å². The van der Waals surface area contributed by atoms with Crippen molar-refractivity contribution in [2.45, 2.75) is 32.9 Å². The van der Waals surface area contributed by atoms with Gasteiger partial charge in [0, 0.05) is 19.2 Å². The molecule has 0 aliphatic carbocycles. The van der Waals surface area contributed by atoms with Crippen LogP contribution in [-0.2, 0) is 17.9 Å². The molecule has 112 valence electrons. The number of rotatable bonds is 6. The number of nitrogens with zero attached hydrogens (tertiary/aromatic N) is 2. The van der Waals surface area contributed by atoms with Crippen LogP contribution in [0.3, 0.4) is 0 Å². The molecule has 5 heteroatoms. The first-order chi connectivity index (χ1) is 10.1. The number of halogens is 1. The second-order valence-corrected chi connectivity index (χ2v) is 5.49. The quantitative estimate of drug-likeness (QED) is 0.819. The summed E-state index contributed by atoms with van der Waals surface area (Å²) in [6.07, 6.45) is 1.48. The fraction of sp³-hybridized carbons (Fsp3) is 0.375. The summed E-state index contributed by atoms with van der Waals surface area (Å²) < 4.78 is 5.23. The summed E-state index contributed by atoms with van der Waals surface area (Å²) in [7, 11) is 1.70. The maximum absolute atomic E-state index is 6.18. The number of hydrogen-bond donors (Lipinski definition) is 1. The molecule has 2 rings (SSSR count). The second kappa shape index (κ2) is 7.38. The average Bonchev–Trinajstić information content (AvgIpc) is 2.46. The third-order valence-corrected chi connectivity index (χ3v) is 3.58. The number of benzene rings is 1. The highest BCUT2D eigenvalue weighted by atomic mass is 35.5. The molecule has 0 saturated heterocycles. The summed E-state index contributed by atoms with van der Waals surface area (Å²) >= 11 is 6.18. The van der Waals surface area contributed by atoms with Gasteiger partial charge in [-0.2, -0.15) is 0 Å². The zero-order valence-electron chi connectivity index (χ0n) is 12.6. The van der Waals surface area contributed by atoms with Crippen molar-refractivity contribution in [3.63, 3.8) is 0 Å². The Bertz CT molecular complexity index is 602. The minimum absolute atomic E-state index is 0.260. The largest absolute Gasteiger partial charge is 0.380 e. The van der Waals surface area contributed by atoms with E-state index in [1.807, 2.05) is 12.1 Å². The molecule has 0 fully saturated rings. The van der Waals surface area contributed by atoms with Crippen molar-refractivity contribution in [3.8, 4) is 0 Å². The average molecular weight is 306 g/mol. The molecule has 0 atom stereocenters. The van der Waals surface area contributed by atoms with Crippen molar-refractivity contribution in [1.29, 1.82) is 0 Å². The highest BCUT2D eigenvalue weighted by molar-refractivity contribution is 6.30. The van der Waals surface area contributed by atoms with E-state index in [9.17, 15) is 0 Å². The Kier molecular flexibility index (Phi) is 5.53. The number of anilines is 1. The molecule has 1 aromatic heterocycles. The molecule has 0 spiro atoms. The molecule has 0 saturated carbocycles. The monoisotopic (exact) mass is 305 g/mol. The SMILES string of the molecule is COCc1ccccc1CNc1ncnc(Cl)c1C(C)C. The Hall–Kier alpha value is -1.65. The Morgan fingerprint density at radius 3 is 2.57 bits per heavy atom. The topological polar surface area (TPSA) is 47.0 Å². The van der Waals surface area contributed by atoms with Crippen LogP contribution in [0.5, 0.6) is 0 Å². The molecule has 0 bridgehead atoms. The van der Waals surface area contributed by atoms with Crippen LogP contribution in [-0.4, -0.2) is 17.1 Å². The van der Waals surface area contributed by atoms with Gasteiger partial charge >= 0.3 is 0 Å². The van der Waals surface area contributed by atoms with Gasteiger partial charge in [0.05, 0.1) is 6.61 Å². The Morgan fingerprint density at radius 2 is 1.90 bits per heavy atom. The first kappa shape index (κ1) is 15.7. The summed E-state index contributed by atoms with van der Waals surface area (Å²) in [6, 6.07) is 8.18. The van der Waals surface area contributed by atoms with E-state index in [1.54, 1.807) is 7.11 Å². The van der Waals surface area contributed by atoms with Crippen molar-refractivity contribution in [3.05, 3.63) is 52.4 Å². The van der Waals surface area contributed by atoms with Crippen molar-refractivity contribution >= 4 is 17.4 Å². The number of methoxy groups -OCH3 is 1. The molecule has 1 aromatic carbocycles. The first-order valence-electron chi connectivity index (χ1n) is 6.93. The molecular weight excluding hydrogens is 286 g/mol. The van der Waals surface area contributed by atoms with Gasteiger partial charge in [-0.05, 0) is 17.0 Å². The Morgan fingerprint density at radius 1 is 1.19 bits per heavy atom. The zero-order chi connectivity index (χ0) is 15.2. The molecule has 0 unspecified atom stereocenters. The van der Waals surface area contributed by atoms with Gasteiger partial charge in [0.15, 0.2) is 0 Å². The third-order valence-electron chi connectivity index (χ3n) is 3.28. The Balaban J connectivity index is 2.19. The van der Waals surface area contributed by atoms with Gasteiger partial charge in [0.25, 0.3) is 0 Å². The van der Waals surface area contributed by atoms with Crippen molar-refractivity contribution in [2.24, 2.45) is 0 Å². The van der Waals surface area contributed by atoms with Crippen molar-refractivity contribution in [1.82, 2.24) is 9.97 Å². The highest BCUT2D eigenvalue weighted by Gasteiger charge is 2.13. The van der Waals surface area contributed by atoms with Crippen molar-refractivity contribution in [2.75, 3.05) is 12.4 Å². The zero-order valence-corrected chi connectivity index (χ0v) is 13.3. The lowest BCUT2D eigenvalue weighted by molar-refractivity contribution is 0.184. The van der Waals surface area contributed by atoms with Gasteiger partial charge in [-0.25, -0.2) is 9.97 Å². The van der Waals surface area contributed by atoms with Crippen LogP contribution in [0.25, 0.3) is 0 Å². The number of aromatic nitrogens is 2. The van der Waals surface area contributed by atoms with E-state index in [0.717, 1.165) is 11.4 Å². The lowest BCUT2D eigenvalue weighted by atomic mass is 10.1. The van der Waals surface area contributed by atoms with Gasteiger partial charge in [0.2, 0.25) is 0 Å². The highest BCUT2D eigenvalue weighted by Crippen LogP contribution is 2.28. The molecule has 1 N–H and O–H groups in total. The molecular formula is C16H20ClN3O. The summed E-state index contributed by atoms with van der Waals surface area (Å²) in [4.78, 5) is 8.37. The lowest BCUT2D eigenvalue weighted by Crippen LogP contribution is -2.08. The molecule has 21 heavy (non-hydrogen) atoms. The smallest absolute Gasteiger partial charge is 0.138 e. The van der Waals surface area contributed by atoms with Crippen molar-refractivity contribution < 1.29 is 4.74 Å². The normalized spacial score (nSPS) is 10.9. The van der Waals surface area contributed by atoms with Gasteiger partial charge in [-0.1, -0.05) is 49.7 Å². The summed E-state index contributed by atoms with van der Waals surface area (Å²) in [5.74, 6) is 1.05. The van der Waals surface area contributed by atoms with E-state index in [4.69, 9.17) is 16.3 Å². The molecule has 0 amide bonds. The minimum Gasteiger partial charge on any atom is -0.380 e. The standard InChI is InChI=1S/C16H20ClN3O/c1-11(2)14-15(17)19-10-20-16(14)18-8-12-6-4-5-7-13(12)9-21-3/h4-7,10-11H,8-9H2,1-3H3,(H,18,19,20). The van der Waals surface area contributed by atoms with Crippen LogP contribution in [0.15, 0.2) is 30.6 Å². The van der Waals surface area contributed by atoms with Crippen LogP contribution < -0.4 is 5.32 Å². The van der Waals surface area contributed by atoms with Crippen LogP contribution in [0.2, 0.25) is 5.15 Å². The van der Waals surface area contributed by atoms with Crippen LogP contribution in [0, 0.1) is 0 Å². The van der Waals surface area contributed by atoms with Gasteiger partial charge in [-0.3, -0.25) is 0 Å². The fourth-order valence-electron chi connectivity index (χ4n) is 2.23. The van der Waals surface area contributed by atoms with E-state index in [2.05, 4.69) is 41.3 Å². The molecule has 1 heterocycles. The van der Waals surface area contributed by atoms with Crippen LogP contribution >= 0.6 is 11.6 Å². The summed E-state index contributed by atoms with van der Waals surface area (Å²) in [6.45, 7) is 5.43. The molecule has 2 aromatic rings. The van der Waals surface area contributed by atoms with Gasteiger partial charge in [-0.15, -0.1) is 0 Å². The third kappa shape index (κ3) is 3.93. The second-order valence-electron chi connectivity index (χ2n) is 5.14. The summed E-state index contributed by atoms with van der Waals surface area (Å²) in [5, 5.41) is 3.87. The predicted molar refractivity (Wildman–Crippen MR) is 85.6 cm³/mol. The fourth-order valence-corrected chi connectivity index (χ4v) is 2.58. The van der Waals surface area contributed by atoms with Crippen LogP contribution in [0.4, 0.5) is 5.82 Å². The number of ether oxygens (including phenoxy) is 1. The van der Waals surface area contributed by atoms with E-state index in [-0.39, 0.29) is 5.92 Å². The Labute approximate surface area is 130 Å². The van der Waals surface area contributed by atoms with Gasteiger partial charge < -0.3 is 10.1 Å². The van der Waals surface area contributed by atoms with E-state index in [0.29, 0.717) is 18.3 Å².